The number of anilines is 1. The molecule has 1 aromatic heterocycles. The highest BCUT2D eigenvalue weighted by Gasteiger charge is 2.23. The zero-order valence-corrected chi connectivity index (χ0v) is 21.9. The number of nitrogens with zero attached hydrogens (tertiary/aromatic N) is 1. The lowest BCUT2D eigenvalue weighted by Gasteiger charge is -2.18. The summed E-state index contributed by atoms with van der Waals surface area (Å²) in [5.74, 6) is -1.26. The summed E-state index contributed by atoms with van der Waals surface area (Å²) < 4.78 is 0. The molecular formula is C33H26N4O4. The maximum atomic E-state index is 13.4. The largest absolute Gasteiger partial charge is 0.348 e. The Morgan fingerprint density at radius 2 is 1.22 bits per heavy atom. The zero-order chi connectivity index (χ0) is 28.6. The number of ketones is 2. The summed E-state index contributed by atoms with van der Waals surface area (Å²) in [6.45, 7) is 0. The van der Waals surface area contributed by atoms with Gasteiger partial charge in [-0.3, -0.25) is 19.2 Å². The van der Waals surface area contributed by atoms with Gasteiger partial charge in [-0.15, -0.1) is 0 Å². The summed E-state index contributed by atoms with van der Waals surface area (Å²) >= 11 is 0. The summed E-state index contributed by atoms with van der Waals surface area (Å²) in [5.41, 5.74) is 3.34. The van der Waals surface area contributed by atoms with E-state index in [0.717, 1.165) is 0 Å². The van der Waals surface area contributed by atoms with E-state index in [1.165, 1.54) is 6.33 Å². The first kappa shape index (κ1) is 27.0. The lowest BCUT2D eigenvalue weighted by atomic mass is 10.0. The highest BCUT2D eigenvalue weighted by molar-refractivity contribution is 6.10. The lowest BCUT2D eigenvalue weighted by molar-refractivity contribution is -0.118. The molecule has 0 fully saturated rings. The minimum absolute atomic E-state index is 0.151. The monoisotopic (exact) mass is 542 g/mol. The first-order chi connectivity index (χ1) is 20.0. The number of H-pyrrole nitrogens is 1. The Kier molecular flexibility index (Phi) is 8.21. The van der Waals surface area contributed by atoms with Crippen molar-refractivity contribution in [3.05, 3.63) is 155 Å². The van der Waals surface area contributed by atoms with Crippen LogP contribution in [0.25, 0.3) is 0 Å². The van der Waals surface area contributed by atoms with Crippen LogP contribution in [-0.4, -0.2) is 39.4 Å². The number of hydrogen-bond acceptors (Lipinski definition) is 5. The van der Waals surface area contributed by atoms with E-state index < -0.39 is 17.9 Å². The number of hydrogen-bond donors (Lipinski definition) is 3. The molecule has 0 aliphatic heterocycles. The number of imidazole rings is 1. The van der Waals surface area contributed by atoms with Crippen molar-refractivity contribution in [2.75, 3.05) is 5.32 Å². The maximum Gasteiger partial charge on any atom is 0.251 e. The highest BCUT2D eigenvalue weighted by atomic mass is 16.2. The summed E-state index contributed by atoms with van der Waals surface area (Å²) in [4.78, 5) is 59.0. The summed E-state index contributed by atoms with van der Waals surface area (Å²) in [5, 5.41) is 5.60. The number of nitrogens with one attached hydrogen (secondary N) is 3. The first-order valence-corrected chi connectivity index (χ1v) is 13.0. The van der Waals surface area contributed by atoms with Crippen molar-refractivity contribution in [1.29, 1.82) is 0 Å². The number of rotatable bonds is 10. The van der Waals surface area contributed by atoms with Crippen LogP contribution in [0.2, 0.25) is 0 Å². The van der Waals surface area contributed by atoms with Crippen molar-refractivity contribution in [2.24, 2.45) is 0 Å². The quantitative estimate of drug-likeness (QED) is 0.218. The first-order valence-electron chi connectivity index (χ1n) is 13.0. The molecule has 3 N–H and O–H groups in total. The molecule has 8 heteroatoms. The van der Waals surface area contributed by atoms with E-state index >= 15 is 0 Å². The van der Waals surface area contributed by atoms with Gasteiger partial charge in [-0.2, -0.15) is 0 Å². The topological polar surface area (TPSA) is 121 Å². The second-order valence-electron chi connectivity index (χ2n) is 9.34. The summed E-state index contributed by atoms with van der Waals surface area (Å²) in [7, 11) is 0. The summed E-state index contributed by atoms with van der Waals surface area (Å²) in [6.07, 6.45) is 3.23. The molecule has 202 valence electrons. The van der Waals surface area contributed by atoms with Crippen LogP contribution in [0.4, 0.5) is 5.69 Å². The van der Waals surface area contributed by atoms with Gasteiger partial charge in [-0.1, -0.05) is 84.9 Å². The van der Waals surface area contributed by atoms with Gasteiger partial charge >= 0.3 is 0 Å². The standard InChI is InChI=1S/C33H26N4O4/c38-30(22-8-3-1-4-9-22)24-14-16-25(17-15-24)32(40)37-29(19-28-20-34-21-35-28)33(41)36-27-13-7-12-26(18-27)31(39)23-10-5-2-6-11-23/h1-18,20-21,29H,19H2,(H,34,35)(H,36,41)(H,37,40). The van der Waals surface area contributed by atoms with Gasteiger partial charge in [0.25, 0.3) is 5.91 Å². The molecule has 1 unspecified atom stereocenters. The number of aromatic amines is 1. The average molecular weight is 543 g/mol. The normalized spacial score (nSPS) is 11.3. The minimum atomic E-state index is -0.956. The molecule has 0 aliphatic carbocycles. The molecule has 1 atom stereocenters. The van der Waals surface area contributed by atoms with E-state index in [-0.39, 0.29) is 18.0 Å². The lowest BCUT2D eigenvalue weighted by Crippen LogP contribution is -2.45. The van der Waals surface area contributed by atoms with Gasteiger partial charge in [0.1, 0.15) is 6.04 Å². The molecule has 0 spiro atoms. The third kappa shape index (κ3) is 6.69. The number of benzene rings is 4. The molecule has 41 heavy (non-hydrogen) atoms. The van der Waals surface area contributed by atoms with Crippen molar-refractivity contribution < 1.29 is 19.2 Å². The smallest absolute Gasteiger partial charge is 0.251 e. The molecule has 5 rings (SSSR count). The molecule has 4 aromatic carbocycles. The average Bonchev–Trinajstić information content (AvgIpc) is 3.54. The molecule has 0 bridgehead atoms. The van der Waals surface area contributed by atoms with Crippen LogP contribution in [0.3, 0.4) is 0 Å². The number of amides is 2. The Morgan fingerprint density at radius 1 is 0.659 bits per heavy atom. The third-order valence-electron chi connectivity index (χ3n) is 6.47. The fraction of sp³-hybridized carbons (Fsp3) is 0.0606. The van der Waals surface area contributed by atoms with Crippen molar-refractivity contribution in [1.82, 2.24) is 15.3 Å². The van der Waals surface area contributed by atoms with Crippen LogP contribution in [0.1, 0.15) is 47.9 Å². The van der Waals surface area contributed by atoms with Gasteiger partial charge in [0.2, 0.25) is 5.91 Å². The van der Waals surface area contributed by atoms with E-state index in [2.05, 4.69) is 20.6 Å². The van der Waals surface area contributed by atoms with Crippen LogP contribution >= 0.6 is 0 Å². The second kappa shape index (κ2) is 12.5. The fourth-order valence-corrected chi connectivity index (χ4v) is 4.32. The Balaban J connectivity index is 1.30. The Morgan fingerprint density at radius 3 is 1.83 bits per heavy atom. The minimum Gasteiger partial charge on any atom is -0.348 e. The zero-order valence-electron chi connectivity index (χ0n) is 21.9. The van der Waals surface area contributed by atoms with Crippen molar-refractivity contribution in [2.45, 2.75) is 12.5 Å². The van der Waals surface area contributed by atoms with Gasteiger partial charge in [0.15, 0.2) is 11.6 Å². The maximum absolute atomic E-state index is 13.4. The number of carbonyl (C=O) groups excluding carboxylic acids is 4. The molecule has 1 heterocycles. The molecule has 5 aromatic rings. The molecule has 8 nitrogen and oxygen atoms in total. The van der Waals surface area contributed by atoms with Crippen LogP contribution in [0, 0.1) is 0 Å². The van der Waals surface area contributed by atoms with Crippen molar-refractivity contribution in [3.8, 4) is 0 Å². The van der Waals surface area contributed by atoms with Crippen LogP contribution in [-0.2, 0) is 11.2 Å². The SMILES string of the molecule is O=C(NC(Cc1cnc[nH]1)C(=O)Nc1cccc(C(=O)c2ccccc2)c1)c1ccc(C(=O)c2ccccc2)cc1. The molecule has 0 saturated heterocycles. The van der Waals surface area contributed by atoms with E-state index in [1.807, 2.05) is 12.1 Å². The fourth-order valence-electron chi connectivity index (χ4n) is 4.32. The van der Waals surface area contributed by atoms with Gasteiger partial charge < -0.3 is 15.6 Å². The van der Waals surface area contributed by atoms with Gasteiger partial charge in [-0.05, 0) is 24.3 Å². The summed E-state index contributed by atoms with van der Waals surface area (Å²) in [6, 6.07) is 29.7. The van der Waals surface area contributed by atoms with Crippen molar-refractivity contribution >= 4 is 29.1 Å². The molecule has 0 radical (unpaired) electrons. The van der Waals surface area contributed by atoms with E-state index in [4.69, 9.17) is 0 Å². The van der Waals surface area contributed by atoms with Gasteiger partial charge in [0.05, 0.1) is 6.33 Å². The number of carbonyl (C=O) groups is 4. The highest BCUT2D eigenvalue weighted by Crippen LogP contribution is 2.16. The van der Waals surface area contributed by atoms with E-state index in [9.17, 15) is 19.2 Å². The predicted molar refractivity (Wildman–Crippen MR) is 155 cm³/mol. The Hall–Kier alpha value is -5.63. The Labute approximate surface area is 236 Å². The molecular weight excluding hydrogens is 516 g/mol. The Bertz CT molecular complexity index is 1670. The second-order valence-corrected chi connectivity index (χ2v) is 9.34. The predicted octanol–water partition coefficient (Wildman–Crippen LogP) is 4.85. The molecule has 0 saturated carbocycles. The number of aromatic nitrogens is 2. The molecule has 0 aliphatic rings. The van der Waals surface area contributed by atoms with Crippen molar-refractivity contribution in [3.63, 3.8) is 0 Å². The van der Waals surface area contributed by atoms with Gasteiger partial charge in [-0.25, -0.2) is 4.98 Å². The van der Waals surface area contributed by atoms with Crippen LogP contribution in [0.5, 0.6) is 0 Å². The van der Waals surface area contributed by atoms with Crippen LogP contribution in [0.15, 0.2) is 122 Å². The van der Waals surface area contributed by atoms with E-state index in [1.54, 1.807) is 103 Å². The van der Waals surface area contributed by atoms with Crippen LogP contribution < -0.4 is 10.6 Å². The molecule has 2 amide bonds. The van der Waals surface area contributed by atoms with Gasteiger partial charge in [0, 0.05) is 51.8 Å². The third-order valence-corrected chi connectivity index (χ3v) is 6.47. The van der Waals surface area contributed by atoms with E-state index in [0.29, 0.717) is 39.2 Å².